The molecular weight excluding hydrogens is 294 g/mol. The number of halogens is 1. The largest absolute Gasteiger partial charge is 0.482 e. The summed E-state index contributed by atoms with van der Waals surface area (Å²) in [5, 5.41) is 10.7. The van der Waals surface area contributed by atoms with Crippen LogP contribution in [0.2, 0.25) is 0 Å². The van der Waals surface area contributed by atoms with E-state index in [1.54, 1.807) is 18.2 Å². The zero-order valence-electron chi connectivity index (χ0n) is 8.30. The second kappa shape index (κ2) is 6.55. The van der Waals surface area contributed by atoms with Crippen molar-refractivity contribution >= 4 is 34.2 Å². The van der Waals surface area contributed by atoms with E-state index in [-0.39, 0.29) is 18.0 Å². The van der Waals surface area contributed by atoms with Gasteiger partial charge >= 0.3 is 5.69 Å². The molecule has 0 unspecified atom stereocenters. The van der Waals surface area contributed by atoms with Crippen LogP contribution in [-0.4, -0.2) is 17.3 Å². The summed E-state index contributed by atoms with van der Waals surface area (Å²) in [7, 11) is 0. The molecule has 0 aliphatic rings. The van der Waals surface area contributed by atoms with Crippen molar-refractivity contribution in [3.05, 3.63) is 44.9 Å². The highest BCUT2D eigenvalue weighted by Crippen LogP contribution is 2.34. The van der Waals surface area contributed by atoms with Crippen LogP contribution in [0, 0.1) is 10.1 Å². The minimum Gasteiger partial charge on any atom is -0.482 e. The molecule has 0 radical (unpaired) electrons. The van der Waals surface area contributed by atoms with Gasteiger partial charge in [0.1, 0.15) is 6.61 Å². The van der Waals surface area contributed by atoms with E-state index in [2.05, 4.69) is 28.6 Å². The Hall–Kier alpha value is -1.01. The first-order valence-electron chi connectivity index (χ1n) is 4.48. The first-order valence-corrected chi connectivity index (χ1v) is 5.91. The maximum absolute atomic E-state index is 10.7. The highest BCUT2D eigenvalue weighted by atomic mass is 79.9. The summed E-state index contributed by atoms with van der Waals surface area (Å²) >= 11 is 7.21. The molecule has 0 bridgehead atoms. The summed E-state index contributed by atoms with van der Waals surface area (Å²) in [5.74, 6) is 0.859. The molecule has 0 amide bonds. The van der Waals surface area contributed by atoms with Gasteiger partial charge < -0.3 is 4.74 Å². The number of hydrogen-bond acceptors (Lipinski definition) is 4. The normalized spacial score (nSPS) is 10.6. The molecule has 0 aliphatic carbocycles. The zero-order chi connectivity index (χ0) is 12.0. The molecule has 0 heterocycles. The van der Waals surface area contributed by atoms with E-state index in [4.69, 9.17) is 4.74 Å². The molecule has 0 aromatic heterocycles. The highest BCUT2D eigenvalue weighted by molar-refractivity contribution is 9.10. The Kier molecular flexibility index (Phi) is 5.34. The Labute approximate surface area is 107 Å². The van der Waals surface area contributed by atoms with Crippen molar-refractivity contribution in [2.24, 2.45) is 0 Å². The second-order valence-corrected chi connectivity index (χ2v) is 4.03. The minimum absolute atomic E-state index is 0.0475. The molecule has 0 fully saturated rings. The first kappa shape index (κ1) is 13.1. The number of rotatable bonds is 5. The van der Waals surface area contributed by atoms with Crippen molar-refractivity contribution in [2.75, 3.05) is 12.4 Å². The van der Waals surface area contributed by atoms with Gasteiger partial charge in [-0.25, -0.2) is 0 Å². The molecule has 1 aromatic rings. The number of nitro groups is 1. The van der Waals surface area contributed by atoms with Crippen LogP contribution in [-0.2, 0) is 0 Å². The number of hydrogen-bond donors (Lipinski definition) is 1. The molecule has 0 spiro atoms. The van der Waals surface area contributed by atoms with Crippen LogP contribution >= 0.6 is 28.6 Å². The van der Waals surface area contributed by atoms with Crippen LogP contribution in [0.15, 0.2) is 34.8 Å². The van der Waals surface area contributed by atoms with Crippen molar-refractivity contribution in [3.63, 3.8) is 0 Å². The summed E-state index contributed by atoms with van der Waals surface area (Å²) in [4.78, 5) is 10.3. The Balaban J connectivity index is 2.84. The Morgan fingerprint density at radius 1 is 1.50 bits per heavy atom. The summed E-state index contributed by atoms with van der Waals surface area (Å²) in [6.45, 7) is 0.282. The highest BCUT2D eigenvalue weighted by Gasteiger charge is 2.17. The standard InChI is InChI=1S/C10H10BrNO3S/c11-8-4-3-5-9(12(13)14)10(8)15-6-1-2-7-16/h1-5,16H,6-7H2/b2-1+. The van der Waals surface area contributed by atoms with Crippen LogP contribution in [0.1, 0.15) is 0 Å². The third kappa shape index (κ3) is 3.53. The van der Waals surface area contributed by atoms with Crippen LogP contribution in [0.25, 0.3) is 0 Å². The van der Waals surface area contributed by atoms with Crippen molar-refractivity contribution in [3.8, 4) is 5.75 Å². The van der Waals surface area contributed by atoms with E-state index in [1.165, 1.54) is 6.07 Å². The molecule has 0 N–H and O–H groups in total. The second-order valence-electron chi connectivity index (χ2n) is 2.81. The van der Waals surface area contributed by atoms with Gasteiger partial charge in [0.05, 0.1) is 9.40 Å². The van der Waals surface area contributed by atoms with Crippen LogP contribution < -0.4 is 4.74 Å². The summed E-state index contributed by atoms with van der Waals surface area (Å²) in [5.41, 5.74) is -0.0475. The van der Waals surface area contributed by atoms with E-state index in [0.29, 0.717) is 10.2 Å². The van der Waals surface area contributed by atoms with Gasteiger partial charge in [-0.3, -0.25) is 10.1 Å². The quantitative estimate of drug-likeness (QED) is 0.393. The van der Waals surface area contributed by atoms with Crippen molar-refractivity contribution < 1.29 is 9.66 Å². The van der Waals surface area contributed by atoms with Crippen molar-refractivity contribution in [1.29, 1.82) is 0 Å². The molecule has 0 atom stereocenters. The first-order chi connectivity index (χ1) is 7.66. The maximum Gasteiger partial charge on any atom is 0.312 e. The van der Waals surface area contributed by atoms with Gasteiger partial charge in [-0.1, -0.05) is 18.2 Å². The van der Waals surface area contributed by atoms with Gasteiger partial charge in [0.15, 0.2) is 0 Å². The third-order valence-corrected chi connectivity index (χ3v) is 2.57. The topological polar surface area (TPSA) is 52.4 Å². The SMILES string of the molecule is O=[N+]([O-])c1cccc(Br)c1OC/C=C/CS. The fraction of sp³-hybridized carbons (Fsp3) is 0.200. The van der Waals surface area contributed by atoms with Gasteiger partial charge in [-0.05, 0) is 22.0 Å². The average molecular weight is 304 g/mol. The lowest BCUT2D eigenvalue weighted by molar-refractivity contribution is -0.385. The van der Waals surface area contributed by atoms with E-state index in [9.17, 15) is 10.1 Å². The smallest absolute Gasteiger partial charge is 0.312 e. The molecule has 0 saturated heterocycles. The summed E-state index contributed by atoms with van der Waals surface area (Å²) in [6.07, 6.45) is 3.57. The van der Waals surface area contributed by atoms with E-state index in [0.717, 1.165) is 0 Å². The number of nitro benzene ring substituents is 1. The van der Waals surface area contributed by atoms with E-state index < -0.39 is 4.92 Å². The molecule has 1 rings (SSSR count). The fourth-order valence-electron chi connectivity index (χ4n) is 1.06. The summed E-state index contributed by atoms with van der Waals surface area (Å²) < 4.78 is 5.89. The van der Waals surface area contributed by atoms with Gasteiger partial charge in [0, 0.05) is 11.8 Å². The van der Waals surface area contributed by atoms with Crippen LogP contribution in [0.4, 0.5) is 5.69 Å². The number of thiol groups is 1. The lowest BCUT2D eigenvalue weighted by Gasteiger charge is -2.05. The Bertz CT molecular complexity index is 409. The van der Waals surface area contributed by atoms with Crippen LogP contribution in [0.5, 0.6) is 5.75 Å². The lowest BCUT2D eigenvalue weighted by Crippen LogP contribution is -1.99. The van der Waals surface area contributed by atoms with Crippen LogP contribution in [0.3, 0.4) is 0 Å². The van der Waals surface area contributed by atoms with Gasteiger partial charge in [-0.2, -0.15) is 12.6 Å². The van der Waals surface area contributed by atoms with Crippen molar-refractivity contribution in [1.82, 2.24) is 0 Å². The molecule has 16 heavy (non-hydrogen) atoms. The number of para-hydroxylation sites is 1. The summed E-state index contributed by atoms with van der Waals surface area (Å²) in [6, 6.07) is 4.70. The van der Waals surface area contributed by atoms with Crippen molar-refractivity contribution in [2.45, 2.75) is 0 Å². The minimum atomic E-state index is -0.470. The molecule has 0 saturated carbocycles. The lowest BCUT2D eigenvalue weighted by atomic mass is 10.3. The predicted molar refractivity (Wildman–Crippen MR) is 69.3 cm³/mol. The monoisotopic (exact) mass is 303 g/mol. The maximum atomic E-state index is 10.7. The molecule has 6 heteroatoms. The van der Waals surface area contributed by atoms with E-state index in [1.807, 2.05) is 6.08 Å². The van der Waals surface area contributed by atoms with E-state index >= 15 is 0 Å². The average Bonchev–Trinajstić information content (AvgIpc) is 2.25. The zero-order valence-corrected chi connectivity index (χ0v) is 10.8. The molecular formula is C10H10BrNO3S. The van der Waals surface area contributed by atoms with Gasteiger partial charge in [-0.15, -0.1) is 0 Å². The molecule has 0 aliphatic heterocycles. The van der Waals surface area contributed by atoms with Gasteiger partial charge in [0.25, 0.3) is 0 Å². The number of ether oxygens (including phenoxy) is 1. The molecule has 86 valence electrons. The fourth-order valence-corrected chi connectivity index (χ4v) is 1.68. The molecule has 4 nitrogen and oxygen atoms in total. The molecule has 1 aromatic carbocycles. The Morgan fingerprint density at radius 3 is 2.88 bits per heavy atom. The third-order valence-electron chi connectivity index (χ3n) is 1.74. The predicted octanol–water partition coefficient (Wildman–Crippen LogP) is 3.22. The Morgan fingerprint density at radius 2 is 2.25 bits per heavy atom. The number of nitrogens with zero attached hydrogens (tertiary/aromatic N) is 1. The number of benzene rings is 1. The van der Waals surface area contributed by atoms with Gasteiger partial charge in [0.2, 0.25) is 5.75 Å².